The summed E-state index contributed by atoms with van der Waals surface area (Å²) in [6, 6.07) is 7.60. The van der Waals surface area contributed by atoms with Gasteiger partial charge in [0, 0.05) is 36.1 Å². The van der Waals surface area contributed by atoms with E-state index >= 15 is 0 Å². The zero-order chi connectivity index (χ0) is 17.6. The molecule has 4 aromatic rings. The third-order valence-corrected chi connectivity index (χ3v) is 4.21. The fraction of sp³-hybridized carbons (Fsp3) is 0.167. The van der Waals surface area contributed by atoms with Crippen LogP contribution in [0.1, 0.15) is 18.6 Å². The van der Waals surface area contributed by atoms with E-state index in [4.69, 9.17) is 5.73 Å². The molecule has 126 valence electrons. The molecule has 25 heavy (non-hydrogen) atoms. The second-order valence-electron chi connectivity index (χ2n) is 6.06. The Morgan fingerprint density at radius 1 is 1.24 bits per heavy atom. The van der Waals surface area contributed by atoms with Gasteiger partial charge in [0.1, 0.15) is 11.6 Å². The number of nitrogens with two attached hydrogens (primary N) is 1. The fourth-order valence-electron chi connectivity index (χ4n) is 2.92. The Bertz CT molecular complexity index is 1060. The predicted octanol–water partition coefficient (Wildman–Crippen LogP) is 2.66. The SMILES string of the molecule is CC(O)c1cccc2nc(-c3cc(-c4cnn(C)c4)cnc3N)[nH]c12. The number of pyridine rings is 1. The van der Waals surface area contributed by atoms with Crippen LogP contribution in [0.5, 0.6) is 0 Å². The van der Waals surface area contributed by atoms with E-state index in [-0.39, 0.29) is 0 Å². The number of aliphatic hydroxyl groups is 1. The second-order valence-corrected chi connectivity index (χ2v) is 6.06. The molecule has 0 bridgehead atoms. The van der Waals surface area contributed by atoms with Crippen LogP contribution in [-0.4, -0.2) is 29.8 Å². The Kier molecular flexibility index (Phi) is 3.51. The Morgan fingerprint density at radius 2 is 2.08 bits per heavy atom. The molecule has 4 rings (SSSR count). The molecule has 0 saturated heterocycles. The van der Waals surface area contributed by atoms with Crippen molar-refractivity contribution in [2.45, 2.75) is 13.0 Å². The van der Waals surface area contributed by atoms with Crippen LogP contribution >= 0.6 is 0 Å². The topological polar surface area (TPSA) is 106 Å². The summed E-state index contributed by atoms with van der Waals surface area (Å²) in [6.45, 7) is 1.73. The molecule has 1 atom stereocenters. The number of aromatic amines is 1. The average Bonchev–Trinajstić information content (AvgIpc) is 3.20. The van der Waals surface area contributed by atoms with E-state index in [1.54, 1.807) is 24.0 Å². The lowest BCUT2D eigenvalue weighted by atomic mass is 10.1. The van der Waals surface area contributed by atoms with Crippen LogP contribution in [0.3, 0.4) is 0 Å². The predicted molar refractivity (Wildman–Crippen MR) is 96.6 cm³/mol. The summed E-state index contributed by atoms with van der Waals surface area (Å²) >= 11 is 0. The third kappa shape index (κ3) is 2.64. The Balaban J connectivity index is 1.87. The normalized spacial score (nSPS) is 12.6. The highest BCUT2D eigenvalue weighted by molar-refractivity contribution is 5.85. The lowest BCUT2D eigenvalue weighted by molar-refractivity contribution is 0.200. The number of nitrogen functional groups attached to an aromatic ring is 1. The van der Waals surface area contributed by atoms with Crippen molar-refractivity contribution in [2.24, 2.45) is 7.05 Å². The molecule has 0 aliphatic carbocycles. The maximum atomic E-state index is 9.96. The number of fused-ring (bicyclic) bond motifs is 1. The van der Waals surface area contributed by atoms with Gasteiger partial charge in [0.05, 0.1) is 28.9 Å². The van der Waals surface area contributed by atoms with Gasteiger partial charge in [-0.2, -0.15) is 5.10 Å². The van der Waals surface area contributed by atoms with Crippen LogP contribution < -0.4 is 5.73 Å². The zero-order valence-corrected chi connectivity index (χ0v) is 13.9. The minimum atomic E-state index is -0.589. The van der Waals surface area contributed by atoms with Crippen LogP contribution in [-0.2, 0) is 7.05 Å². The minimum absolute atomic E-state index is 0.394. The van der Waals surface area contributed by atoms with E-state index < -0.39 is 6.10 Å². The van der Waals surface area contributed by atoms with Crippen molar-refractivity contribution in [1.29, 1.82) is 0 Å². The number of hydrogen-bond acceptors (Lipinski definition) is 5. The van der Waals surface area contributed by atoms with Gasteiger partial charge in [0.15, 0.2) is 0 Å². The van der Waals surface area contributed by atoms with Crippen LogP contribution in [0.15, 0.2) is 42.9 Å². The molecule has 1 unspecified atom stereocenters. The van der Waals surface area contributed by atoms with E-state index in [0.29, 0.717) is 17.2 Å². The summed E-state index contributed by atoms with van der Waals surface area (Å²) in [5.41, 5.74) is 11.0. The third-order valence-electron chi connectivity index (χ3n) is 4.21. The van der Waals surface area contributed by atoms with Gasteiger partial charge in [-0.05, 0) is 19.1 Å². The molecule has 0 amide bonds. The summed E-state index contributed by atoms with van der Waals surface area (Å²) in [6.07, 6.45) is 4.83. The van der Waals surface area contributed by atoms with Crippen molar-refractivity contribution >= 4 is 16.9 Å². The molecule has 3 aromatic heterocycles. The summed E-state index contributed by atoms with van der Waals surface area (Å²) < 4.78 is 1.74. The molecule has 3 heterocycles. The van der Waals surface area contributed by atoms with Gasteiger partial charge in [-0.25, -0.2) is 9.97 Å². The first kappa shape index (κ1) is 15.3. The Labute approximate surface area is 144 Å². The lowest BCUT2D eigenvalue weighted by Gasteiger charge is -2.05. The number of H-pyrrole nitrogens is 1. The van der Waals surface area contributed by atoms with Gasteiger partial charge in [-0.1, -0.05) is 12.1 Å². The molecule has 0 saturated carbocycles. The van der Waals surface area contributed by atoms with Crippen LogP contribution in [0, 0.1) is 0 Å². The van der Waals surface area contributed by atoms with Gasteiger partial charge in [0.25, 0.3) is 0 Å². The standard InChI is InChI=1S/C18H18N6O/c1-10(25)13-4-3-5-15-16(13)23-18(22-15)14-6-11(7-20-17(14)19)12-8-21-24(2)9-12/h3-10,25H,1-2H3,(H2,19,20)(H,22,23). The molecule has 1 aromatic carbocycles. The Hall–Kier alpha value is -3.19. The maximum absolute atomic E-state index is 9.96. The number of anilines is 1. The monoisotopic (exact) mass is 334 g/mol. The number of nitrogens with one attached hydrogen (secondary N) is 1. The Morgan fingerprint density at radius 3 is 2.80 bits per heavy atom. The summed E-state index contributed by atoms with van der Waals surface area (Å²) in [5.74, 6) is 1.02. The average molecular weight is 334 g/mol. The van der Waals surface area contributed by atoms with Gasteiger partial charge >= 0.3 is 0 Å². The van der Waals surface area contributed by atoms with Crippen molar-refractivity contribution in [3.05, 3.63) is 48.4 Å². The molecule has 7 heteroatoms. The molecule has 7 nitrogen and oxygen atoms in total. The molecule has 4 N–H and O–H groups in total. The molecule has 0 radical (unpaired) electrons. The van der Waals surface area contributed by atoms with Gasteiger partial charge < -0.3 is 15.8 Å². The molecular weight excluding hydrogens is 316 g/mol. The zero-order valence-electron chi connectivity index (χ0n) is 13.9. The number of nitrogens with zero attached hydrogens (tertiary/aromatic N) is 4. The van der Waals surface area contributed by atoms with E-state index in [9.17, 15) is 5.11 Å². The smallest absolute Gasteiger partial charge is 0.142 e. The number of imidazole rings is 1. The molecule has 0 spiro atoms. The number of benzene rings is 1. The molecule has 0 fully saturated rings. The van der Waals surface area contributed by atoms with Crippen LogP contribution in [0.4, 0.5) is 5.82 Å². The van der Waals surface area contributed by atoms with Gasteiger partial charge in [0.2, 0.25) is 0 Å². The minimum Gasteiger partial charge on any atom is -0.389 e. The summed E-state index contributed by atoms with van der Waals surface area (Å²) in [5, 5.41) is 14.1. The largest absolute Gasteiger partial charge is 0.389 e. The van der Waals surface area contributed by atoms with Crippen molar-refractivity contribution in [3.8, 4) is 22.5 Å². The first-order valence-electron chi connectivity index (χ1n) is 7.94. The number of hydrogen-bond donors (Lipinski definition) is 3. The van der Waals surface area contributed by atoms with Crippen molar-refractivity contribution in [3.63, 3.8) is 0 Å². The van der Waals surface area contributed by atoms with Crippen molar-refractivity contribution < 1.29 is 5.11 Å². The molecular formula is C18H18N6O. The van der Waals surface area contributed by atoms with E-state index in [0.717, 1.165) is 27.7 Å². The highest BCUT2D eigenvalue weighted by Crippen LogP contribution is 2.31. The maximum Gasteiger partial charge on any atom is 0.142 e. The van der Waals surface area contributed by atoms with Gasteiger partial charge in [-0.3, -0.25) is 4.68 Å². The quantitative estimate of drug-likeness (QED) is 0.534. The highest BCUT2D eigenvalue weighted by Gasteiger charge is 2.15. The van der Waals surface area contributed by atoms with Gasteiger partial charge in [-0.15, -0.1) is 0 Å². The number of aliphatic hydroxyl groups excluding tert-OH is 1. The molecule has 0 aliphatic heterocycles. The fourth-order valence-corrected chi connectivity index (χ4v) is 2.92. The number of para-hydroxylation sites is 1. The lowest BCUT2D eigenvalue weighted by Crippen LogP contribution is -1.96. The van der Waals surface area contributed by atoms with Crippen LogP contribution in [0.2, 0.25) is 0 Å². The number of rotatable bonds is 3. The number of aromatic nitrogens is 5. The van der Waals surface area contributed by atoms with Crippen molar-refractivity contribution in [2.75, 3.05) is 5.73 Å². The van der Waals surface area contributed by atoms with Crippen LogP contribution in [0.25, 0.3) is 33.5 Å². The summed E-state index contributed by atoms with van der Waals surface area (Å²) in [7, 11) is 1.87. The molecule has 0 aliphatic rings. The van der Waals surface area contributed by atoms with Crippen molar-refractivity contribution in [1.82, 2.24) is 24.7 Å². The number of aryl methyl sites for hydroxylation is 1. The van der Waals surface area contributed by atoms with E-state index in [1.807, 2.05) is 37.5 Å². The highest BCUT2D eigenvalue weighted by atomic mass is 16.3. The first-order valence-corrected chi connectivity index (χ1v) is 7.94. The van der Waals surface area contributed by atoms with E-state index in [1.165, 1.54) is 0 Å². The second kappa shape index (κ2) is 5.71. The first-order chi connectivity index (χ1) is 12.0. The summed E-state index contributed by atoms with van der Waals surface area (Å²) in [4.78, 5) is 12.2. The van der Waals surface area contributed by atoms with E-state index in [2.05, 4.69) is 20.1 Å².